The topological polar surface area (TPSA) is 95.9 Å². The van der Waals surface area contributed by atoms with Gasteiger partial charge >= 0.3 is 5.97 Å². The molecule has 6 heteroatoms. The molecule has 0 heterocycles. The molecule has 0 aromatic heterocycles. The lowest BCUT2D eigenvalue weighted by Crippen LogP contribution is -2.45. The van der Waals surface area contributed by atoms with E-state index in [1.54, 1.807) is 0 Å². The summed E-state index contributed by atoms with van der Waals surface area (Å²) in [6, 6.07) is -0.537. The van der Waals surface area contributed by atoms with Gasteiger partial charge in [-0.3, -0.25) is 9.59 Å². The number of hydrogen-bond donors (Lipinski definition) is 3. The highest BCUT2D eigenvalue weighted by atomic mass is 16.5. The Kier molecular flexibility index (Phi) is 71.8. The summed E-state index contributed by atoms with van der Waals surface area (Å²) in [5.41, 5.74) is 0. The molecular formula is C77H151NO5. The molecule has 0 radical (unpaired) electrons. The molecule has 0 aromatic carbocycles. The molecule has 2 unspecified atom stereocenters. The second-order valence-electron chi connectivity index (χ2n) is 26.7. The van der Waals surface area contributed by atoms with Gasteiger partial charge in [-0.25, -0.2) is 0 Å². The maximum absolute atomic E-state index is 12.5. The predicted octanol–water partition coefficient (Wildman–Crippen LogP) is 25.1. The summed E-state index contributed by atoms with van der Waals surface area (Å²) in [6.45, 7) is 4.98. The Hall–Kier alpha value is -1.40. The van der Waals surface area contributed by atoms with Crippen molar-refractivity contribution in [2.24, 2.45) is 0 Å². The molecule has 0 bridgehead atoms. The number of amides is 1. The number of carbonyl (C=O) groups is 2. The fraction of sp³-hybridized carbons (Fsp3) is 0.948. The van der Waals surface area contributed by atoms with Crippen LogP contribution in [0.2, 0.25) is 0 Å². The summed E-state index contributed by atoms with van der Waals surface area (Å²) in [5.74, 6) is -0.0112. The summed E-state index contributed by atoms with van der Waals surface area (Å²) < 4.78 is 5.48. The Morgan fingerprint density at radius 2 is 0.566 bits per heavy atom. The van der Waals surface area contributed by atoms with Crippen LogP contribution in [0, 0.1) is 0 Å². The first-order valence-corrected chi connectivity index (χ1v) is 38.4. The molecule has 0 rings (SSSR count). The Balaban J connectivity index is 3.31. The van der Waals surface area contributed by atoms with Crippen molar-refractivity contribution in [3.63, 3.8) is 0 Å². The average molecular weight is 1170 g/mol. The first-order valence-electron chi connectivity index (χ1n) is 38.4. The Labute approximate surface area is 520 Å². The van der Waals surface area contributed by atoms with Gasteiger partial charge in [-0.05, 0) is 51.4 Å². The van der Waals surface area contributed by atoms with Crippen LogP contribution in [0.1, 0.15) is 444 Å². The largest absolute Gasteiger partial charge is 0.466 e. The van der Waals surface area contributed by atoms with Crippen molar-refractivity contribution in [3.05, 3.63) is 12.2 Å². The van der Waals surface area contributed by atoms with Crippen LogP contribution >= 0.6 is 0 Å². The van der Waals surface area contributed by atoms with E-state index in [-0.39, 0.29) is 18.5 Å². The highest BCUT2D eigenvalue weighted by Gasteiger charge is 2.20. The molecule has 494 valence electrons. The molecule has 0 saturated heterocycles. The lowest BCUT2D eigenvalue weighted by Gasteiger charge is -2.22. The highest BCUT2D eigenvalue weighted by molar-refractivity contribution is 5.76. The van der Waals surface area contributed by atoms with E-state index in [9.17, 15) is 19.8 Å². The predicted molar refractivity (Wildman–Crippen MR) is 366 cm³/mol. The van der Waals surface area contributed by atoms with Crippen LogP contribution in [0.4, 0.5) is 0 Å². The number of nitrogens with one attached hydrogen (secondary N) is 1. The quantitative estimate of drug-likeness (QED) is 0.0320. The Bertz CT molecular complexity index is 1260. The summed E-state index contributed by atoms with van der Waals surface area (Å²) in [5, 5.41) is 23.4. The van der Waals surface area contributed by atoms with Crippen LogP contribution in [0.15, 0.2) is 12.2 Å². The second-order valence-corrected chi connectivity index (χ2v) is 26.7. The van der Waals surface area contributed by atoms with Crippen molar-refractivity contribution in [2.75, 3.05) is 13.2 Å². The molecule has 0 spiro atoms. The molecule has 0 aliphatic rings. The second kappa shape index (κ2) is 73.1. The monoisotopic (exact) mass is 1170 g/mol. The van der Waals surface area contributed by atoms with Crippen molar-refractivity contribution in [3.8, 4) is 0 Å². The van der Waals surface area contributed by atoms with Gasteiger partial charge in [0.2, 0.25) is 5.91 Å². The van der Waals surface area contributed by atoms with Crippen molar-refractivity contribution in [1.82, 2.24) is 5.32 Å². The summed E-state index contributed by atoms with van der Waals surface area (Å²) in [7, 11) is 0. The number of allylic oxidation sites excluding steroid dienone is 2. The van der Waals surface area contributed by atoms with Gasteiger partial charge in [-0.15, -0.1) is 0 Å². The van der Waals surface area contributed by atoms with E-state index >= 15 is 0 Å². The summed E-state index contributed by atoms with van der Waals surface area (Å²) in [4.78, 5) is 24.6. The van der Waals surface area contributed by atoms with Gasteiger partial charge in [0.25, 0.3) is 0 Å². The number of esters is 1. The molecule has 0 aliphatic heterocycles. The molecular weight excluding hydrogens is 1020 g/mol. The molecule has 2 atom stereocenters. The molecule has 83 heavy (non-hydrogen) atoms. The standard InChI is InChI=1S/C77H151NO5/c1-3-5-7-9-11-13-15-17-18-19-37-40-43-46-49-53-57-61-65-69-75(80)74(73-79)78-76(81)70-66-62-58-54-50-47-44-41-38-35-33-31-29-27-25-23-21-20-22-24-26-28-30-32-34-36-39-42-45-48-52-56-60-64-68-72-83-77(82)71-67-63-59-55-51-16-14-12-10-8-6-4-2/h12,14,74-75,79-80H,3-11,13,15-73H2,1-2H3,(H,78,81)/b14-12-. The van der Waals surface area contributed by atoms with Gasteiger partial charge in [0, 0.05) is 12.8 Å². The zero-order valence-corrected chi connectivity index (χ0v) is 56.7. The average Bonchev–Trinajstić information content (AvgIpc) is 3.49. The molecule has 0 aliphatic carbocycles. The maximum Gasteiger partial charge on any atom is 0.305 e. The van der Waals surface area contributed by atoms with E-state index in [0.29, 0.717) is 25.9 Å². The third kappa shape index (κ3) is 69.6. The molecule has 0 saturated carbocycles. The number of ether oxygens (including phenoxy) is 1. The van der Waals surface area contributed by atoms with Crippen molar-refractivity contribution in [1.29, 1.82) is 0 Å². The number of unbranched alkanes of at least 4 members (excludes halogenated alkanes) is 60. The molecule has 1 amide bonds. The van der Waals surface area contributed by atoms with E-state index < -0.39 is 12.1 Å². The van der Waals surface area contributed by atoms with E-state index in [2.05, 4.69) is 31.3 Å². The number of rotatable bonds is 73. The van der Waals surface area contributed by atoms with Gasteiger partial charge in [0.05, 0.1) is 25.4 Å². The molecule has 0 aromatic rings. The Morgan fingerprint density at radius 3 is 0.880 bits per heavy atom. The van der Waals surface area contributed by atoms with Gasteiger partial charge in [-0.2, -0.15) is 0 Å². The van der Waals surface area contributed by atoms with Gasteiger partial charge in [-0.1, -0.05) is 392 Å². The van der Waals surface area contributed by atoms with E-state index in [0.717, 1.165) is 44.9 Å². The molecule has 0 fully saturated rings. The zero-order valence-electron chi connectivity index (χ0n) is 56.7. The number of aliphatic hydroxyl groups is 2. The smallest absolute Gasteiger partial charge is 0.305 e. The number of hydrogen-bond acceptors (Lipinski definition) is 5. The van der Waals surface area contributed by atoms with E-state index in [4.69, 9.17) is 4.74 Å². The minimum absolute atomic E-state index is 0.0134. The lowest BCUT2D eigenvalue weighted by atomic mass is 10.0. The van der Waals surface area contributed by atoms with Crippen LogP contribution < -0.4 is 5.32 Å². The van der Waals surface area contributed by atoms with Crippen molar-refractivity contribution in [2.45, 2.75) is 456 Å². The molecule has 3 N–H and O–H groups in total. The number of aliphatic hydroxyl groups excluding tert-OH is 2. The normalized spacial score (nSPS) is 12.5. The SMILES string of the molecule is CCCCC/C=C\CCCCCCCC(=O)OCCCCCCCCCCCCCCCCCCCCCCCCCCCCCCCCCCCCCC(=O)NC(CO)C(O)CCCCCCCCCCCCCCCCCCCCC. The third-order valence-corrected chi connectivity index (χ3v) is 18.3. The first kappa shape index (κ1) is 81.6. The van der Waals surface area contributed by atoms with Gasteiger partial charge in [0.15, 0.2) is 0 Å². The number of carbonyl (C=O) groups excluding carboxylic acids is 2. The van der Waals surface area contributed by atoms with Gasteiger partial charge < -0.3 is 20.3 Å². The van der Waals surface area contributed by atoms with Crippen LogP contribution in [-0.2, 0) is 14.3 Å². The Morgan fingerprint density at radius 1 is 0.325 bits per heavy atom. The van der Waals surface area contributed by atoms with Crippen LogP contribution in [-0.4, -0.2) is 47.4 Å². The summed E-state index contributed by atoms with van der Waals surface area (Å²) in [6.07, 6.45) is 91.6. The van der Waals surface area contributed by atoms with E-state index in [1.807, 2.05) is 0 Å². The molecule has 6 nitrogen and oxygen atoms in total. The van der Waals surface area contributed by atoms with Crippen molar-refractivity contribution >= 4 is 11.9 Å². The zero-order chi connectivity index (χ0) is 59.9. The maximum atomic E-state index is 12.5. The highest BCUT2D eigenvalue weighted by Crippen LogP contribution is 2.20. The fourth-order valence-corrected chi connectivity index (χ4v) is 12.5. The lowest BCUT2D eigenvalue weighted by molar-refractivity contribution is -0.143. The minimum atomic E-state index is -0.660. The van der Waals surface area contributed by atoms with E-state index in [1.165, 1.54) is 366 Å². The third-order valence-electron chi connectivity index (χ3n) is 18.3. The van der Waals surface area contributed by atoms with Crippen LogP contribution in [0.5, 0.6) is 0 Å². The van der Waals surface area contributed by atoms with Crippen LogP contribution in [0.25, 0.3) is 0 Å². The van der Waals surface area contributed by atoms with Crippen LogP contribution in [0.3, 0.4) is 0 Å². The fourth-order valence-electron chi connectivity index (χ4n) is 12.5. The van der Waals surface area contributed by atoms with Gasteiger partial charge in [0.1, 0.15) is 0 Å². The van der Waals surface area contributed by atoms with Crippen molar-refractivity contribution < 1.29 is 24.5 Å². The first-order chi connectivity index (χ1) is 41.0. The minimum Gasteiger partial charge on any atom is -0.466 e. The summed E-state index contributed by atoms with van der Waals surface area (Å²) >= 11 is 0.